The Morgan fingerprint density at radius 3 is 2.58 bits per heavy atom. The fraction of sp³-hybridized carbons (Fsp3) is 0.321. The Hall–Kier alpha value is -3.76. The van der Waals surface area contributed by atoms with Crippen molar-refractivity contribution in [1.29, 1.82) is 0 Å². The van der Waals surface area contributed by atoms with Crippen LogP contribution < -0.4 is 5.32 Å². The van der Waals surface area contributed by atoms with Crippen molar-refractivity contribution in [1.82, 2.24) is 24.4 Å². The minimum Gasteiger partial charge on any atom is -0.322 e. The lowest BCUT2D eigenvalue weighted by molar-refractivity contribution is -0.138. The minimum atomic E-state index is -4.53. The largest absolute Gasteiger partial charge is 0.416 e. The number of halogens is 3. The van der Waals surface area contributed by atoms with Crippen LogP contribution in [0.25, 0.3) is 5.65 Å². The average Bonchev–Trinajstić information content (AvgIpc) is 3.29. The van der Waals surface area contributed by atoms with Crippen molar-refractivity contribution in [2.75, 3.05) is 38.5 Å². The number of hydrogen-bond donors (Lipinski definition) is 1. The second kappa shape index (κ2) is 10.5. The number of carbonyl (C=O) groups is 1. The molecule has 1 aliphatic heterocycles. The lowest BCUT2D eigenvalue weighted by atomic mass is 10.0. The van der Waals surface area contributed by atoms with Gasteiger partial charge in [-0.05, 0) is 67.1 Å². The van der Waals surface area contributed by atoms with Gasteiger partial charge in [-0.2, -0.15) is 18.3 Å². The molecule has 10 heteroatoms. The molecule has 1 aliphatic rings. The highest BCUT2D eigenvalue weighted by atomic mass is 19.4. The third-order valence-electron chi connectivity index (χ3n) is 6.99. The van der Waals surface area contributed by atoms with Crippen LogP contribution in [0.4, 0.5) is 18.9 Å². The van der Waals surface area contributed by atoms with E-state index in [-0.39, 0.29) is 17.8 Å². The summed E-state index contributed by atoms with van der Waals surface area (Å²) in [4.78, 5) is 21.6. The van der Waals surface area contributed by atoms with Crippen LogP contribution >= 0.6 is 0 Å². The predicted molar refractivity (Wildman–Crippen MR) is 139 cm³/mol. The second-order valence-corrected chi connectivity index (χ2v) is 9.76. The number of carbonyl (C=O) groups excluding carboxylic acids is 1. The molecule has 0 radical (unpaired) electrons. The van der Waals surface area contributed by atoms with Gasteiger partial charge in [-0.25, -0.2) is 9.50 Å². The van der Waals surface area contributed by atoms with Gasteiger partial charge >= 0.3 is 6.18 Å². The summed E-state index contributed by atoms with van der Waals surface area (Å²) in [5.41, 5.74) is 3.44. The van der Waals surface area contributed by atoms with Gasteiger partial charge in [0.25, 0.3) is 5.91 Å². The van der Waals surface area contributed by atoms with Crippen molar-refractivity contribution in [2.45, 2.75) is 26.1 Å². The van der Waals surface area contributed by atoms with Crippen LogP contribution in [0.2, 0.25) is 0 Å². The first-order valence-corrected chi connectivity index (χ1v) is 12.5. The molecule has 2 aromatic heterocycles. The van der Waals surface area contributed by atoms with Crippen LogP contribution in [0.3, 0.4) is 0 Å². The van der Waals surface area contributed by atoms with Gasteiger partial charge in [0.2, 0.25) is 0 Å². The lowest BCUT2D eigenvalue weighted by Crippen LogP contribution is -2.44. The van der Waals surface area contributed by atoms with Crippen LogP contribution in [0.1, 0.15) is 38.3 Å². The minimum absolute atomic E-state index is 0.109. The Morgan fingerprint density at radius 2 is 1.82 bits per heavy atom. The SMILES string of the molecule is Cc1ccc(C(=O)Nc2ccc(CN3CCN(C)CC3)c(C(F)(F)F)c2)cc1Cc1cnc2cccnn12. The number of imidazole rings is 1. The average molecular weight is 523 g/mol. The summed E-state index contributed by atoms with van der Waals surface area (Å²) < 4.78 is 43.6. The predicted octanol–water partition coefficient (Wildman–Crippen LogP) is 4.65. The molecule has 2 aromatic carbocycles. The van der Waals surface area contributed by atoms with Crippen molar-refractivity contribution in [2.24, 2.45) is 0 Å². The number of aromatic nitrogens is 3. The van der Waals surface area contributed by atoms with Gasteiger partial charge in [0.15, 0.2) is 5.65 Å². The van der Waals surface area contributed by atoms with E-state index < -0.39 is 17.6 Å². The van der Waals surface area contributed by atoms with Crippen molar-refractivity contribution in [3.8, 4) is 0 Å². The normalized spacial score (nSPS) is 15.2. The first kappa shape index (κ1) is 25.9. The van der Waals surface area contributed by atoms with Crippen molar-refractivity contribution < 1.29 is 18.0 Å². The second-order valence-electron chi connectivity index (χ2n) is 9.76. The maximum absolute atomic E-state index is 13.9. The van der Waals surface area contributed by atoms with E-state index in [2.05, 4.69) is 20.3 Å². The molecule has 1 fully saturated rings. The maximum atomic E-state index is 13.9. The highest BCUT2D eigenvalue weighted by Crippen LogP contribution is 2.35. The molecule has 0 bridgehead atoms. The van der Waals surface area contributed by atoms with E-state index in [0.717, 1.165) is 41.6 Å². The van der Waals surface area contributed by atoms with E-state index in [0.29, 0.717) is 25.1 Å². The number of amides is 1. The molecule has 0 unspecified atom stereocenters. The number of rotatable bonds is 6. The van der Waals surface area contributed by atoms with Crippen molar-refractivity contribution >= 4 is 17.2 Å². The third-order valence-corrected chi connectivity index (χ3v) is 6.99. The van der Waals surface area contributed by atoms with Crippen molar-refractivity contribution in [3.05, 3.63) is 94.4 Å². The zero-order valence-corrected chi connectivity index (χ0v) is 21.3. The first-order valence-electron chi connectivity index (χ1n) is 12.5. The summed E-state index contributed by atoms with van der Waals surface area (Å²) in [6.07, 6.45) is -0.594. The van der Waals surface area contributed by atoms with Gasteiger partial charge in [0.05, 0.1) is 17.5 Å². The molecule has 7 nitrogen and oxygen atoms in total. The number of nitrogens with zero attached hydrogens (tertiary/aromatic N) is 5. The molecule has 198 valence electrons. The van der Waals surface area contributed by atoms with Gasteiger partial charge in [-0.3, -0.25) is 9.69 Å². The molecular formula is C28H29F3N6O. The molecule has 3 heterocycles. The van der Waals surface area contributed by atoms with Crippen LogP contribution in [-0.2, 0) is 19.1 Å². The molecule has 5 rings (SSSR count). The number of piperazine rings is 1. The highest BCUT2D eigenvalue weighted by molar-refractivity contribution is 6.04. The fourth-order valence-electron chi connectivity index (χ4n) is 4.70. The van der Waals surface area contributed by atoms with Crippen LogP contribution in [-0.4, -0.2) is 63.5 Å². The number of fused-ring (bicyclic) bond motifs is 1. The van der Waals surface area contributed by atoms with Crippen molar-refractivity contribution in [3.63, 3.8) is 0 Å². The monoisotopic (exact) mass is 522 g/mol. The summed E-state index contributed by atoms with van der Waals surface area (Å²) in [7, 11) is 2.00. The lowest BCUT2D eigenvalue weighted by Gasteiger charge is -2.33. The topological polar surface area (TPSA) is 65.8 Å². The molecule has 1 N–H and O–H groups in total. The van der Waals surface area contributed by atoms with E-state index in [4.69, 9.17) is 0 Å². The van der Waals surface area contributed by atoms with E-state index >= 15 is 0 Å². The molecule has 0 saturated carbocycles. The molecular weight excluding hydrogens is 493 g/mol. The van der Waals surface area contributed by atoms with Gasteiger partial charge in [0, 0.05) is 56.6 Å². The van der Waals surface area contributed by atoms with Crippen LogP contribution in [0.5, 0.6) is 0 Å². The number of alkyl halides is 3. The van der Waals surface area contributed by atoms with Gasteiger partial charge < -0.3 is 10.2 Å². The Morgan fingerprint density at radius 1 is 1.03 bits per heavy atom. The van der Waals surface area contributed by atoms with Gasteiger partial charge in [-0.1, -0.05) is 12.1 Å². The third kappa shape index (κ3) is 5.71. The van der Waals surface area contributed by atoms with E-state index in [1.807, 2.05) is 37.1 Å². The maximum Gasteiger partial charge on any atom is 0.416 e. The van der Waals surface area contributed by atoms with Gasteiger partial charge in [0.1, 0.15) is 0 Å². The summed E-state index contributed by atoms with van der Waals surface area (Å²) >= 11 is 0. The molecule has 38 heavy (non-hydrogen) atoms. The van der Waals surface area contributed by atoms with E-state index in [9.17, 15) is 18.0 Å². The zero-order valence-electron chi connectivity index (χ0n) is 21.3. The quantitative estimate of drug-likeness (QED) is 0.400. The summed E-state index contributed by atoms with van der Waals surface area (Å²) in [6.45, 7) is 5.24. The Bertz CT molecular complexity index is 1460. The standard InChI is InChI=1S/C28H29F3N6O/c1-19-5-6-20(14-22(19)15-24-17-32-26-4-3-9-33-37(24)26)27(38)34-23-8-7-21(25(16-23)28(29,30)31)18-36-12-10-35(2)11-13-36/h3-9,14,16-17H,10-13,15,18H2,1-2H3,(H,34,38). The van der Waals surface area contributed by atoms with E-state index in [1.54, 1.807) is 29.0 Å². The number of hydrogen-bond acceptors (Lipinski definition) is 5. The molecule has 0 spiro atoms. The first-order chi connectivity index (χ1) is 18.2. The van der Waals surface area contributed by atoms with E-state index in [1.165, 1.54) is 12.1 Å². The summed E-state index contributed by atoms with van der Waals surface area (Å²) in [6, 6.07) is 13.0. The Kier molecular flexibility index (Phi) is 7.18. The summed E-state index contributed by atoms with van der Waals surface area (Å²) in [5, 5.41) is 6.99. The molecule has 0 atom stereocenters. The molecule has 4 aromatic rings. The molecule has 1 amide bonds. The smallest absolute Gasteiger partial charge is 0.322 e. The number of nitrogens with one attached hydrogen (secondary N) is 1. The van der Waals surface area contributed by atoms with Gasteiger partial charge in [-0.15, -0.1) is 0 Å². The Balaban J connectivity index is 1.34. The summed E-state index contributed by atoms with van der Waals surface area (Å²) in [5.74, 6) is -0.470. The highest BCUT2D eigenvalue weighted by Gasteiger charge is 2.34. The number of likely N-dealkylation sites (N-methyl/N-ethyl adjacent to an activating group) is 1. The number of benzene rings is 2. The molecule has 0 aliphatic carbocycles. The zero-order chi connectivity index (χ0) is 26.9. The molecule has 1 saturated heterocycles. The van der Waals surface area contributed by atoms with Crippen LogP contribution in [0, 0.1) is 6.92 Å². The van der Waals surface area contributed by atoms with Crippen LogP contribution in [0.15, 0.2) is 60.9 Å². The fourth-order valence-corrected chi connectivity index (χ4v) is 4.70. The number of aryl methyl sites for hydroxylation is 1. The Labute approximate surface area is 218 Å². The number of anilines is 1.